The molecule has 3 aromatic rings. The summed E-state index contributed by atoms with van der Waals surface area (Å²) in [4.78, 5) is 17.7. The van der Waals surface area contributed by atoms with Crippen LogP contribution in [0.1, 0.15) is 12.8 Å². The molecule has 7 nitrogen and oxygen atoms in total. The molecule has 0 aromatic carbocycles. The van der Waals surface area contributed by atoms with Crippen LogP contribution in [0.2, 0.25) is 0 Å². The third-order valence-electron chi connectivity index (χ3n) is 3.53. The van der Waals surface area contributed by atoms with Gasteiger partial charge >= 0.3 is 0 Å². The molecule has 0 spiro atoms. The van der Waals surface area contributed by atoms with Crippen molar-refractivity contribution in [3.8, 4) is 11.4 Å². The van der Waals surface area contributed by atoms with E-state index in [1.165, 1.54) is 12.8 Å². The van der Waals surface area contributed by atoms with Crippen molar-refractivity contribution in [1.82, 2.24) is 29.8 Å². The van der Waals surface area contributed by atoms with E-state index >= 15 is 0 Å². The van der Waals surface area contributed by atoms with Crippen molar-refractivity contribution in [3.05, 3.63) is 30.9 Å². The van der Waals surface area contributed by atoms with Crippen LogP contribution in [-0.2, 0) is 7.05 Å². The fourth-order valence-corrected chi connectivity index (χ4v) is 2.47. The van der Waals surface area contributed by atoms with Crippen molar-refractivity contribution < 1.29 is 0 Å². The molecule has 23 heavy (non-hydrogen) atoms. The predicted octanol–water partition coefficient (Wildman–Crippen LogP) is 1.87. The first-order chi connectivity index (χ1) is 11.2. The minimum Gasteiger partial charge on any atom is -0.360 e. The van der Waals surface area contributed by atoms with Gasteiger partial charge in [-0.3, -0.25) is 4.98 Å². The molecule has 3 aromatic heterocycles. The number of rotatable bonds is 3. The molecule has 0 bridgehead atoms. The first-order valence-electron chi connectivity index (χ1n) is 7.37. The molecule has 116 valence electrons. The van der Waals surface area contributed by atoms with Crippen molar-refractivity contribution in [3.63, 3.8) is 0 Å². The predicted molar refractivity (Wildman–Crippen MR) is 91.9 cm³/mol. The monoisotopic (exact) mass is 325 g/mol. The van der Waals surface area contributed by atoms with Gasteiger partial charge in [-0.15, -0.1) is 0 Å². The summed E-state index contributed by atoms with van der Waals surface area (Å²) >= 11 is 5.27. The lowest BCUT2D eigenvalue weighted by Gasteiger charge is -2.09. The topological polar surface area (TPSA) is 80.5 Å². The molecule has 1 fully saturated rings. The summed E-state index contributed by atoms with van der Waals surface area (Å²) in [6, 6.07) is 4.23. The largest absolute Gasteiger partial charge is 0.360 e. The number of nitrogens with zero attached hydrogens (tertiary/aromatic N) is 5. The summed E-state index contributed by atoms with van der Waals surface area (Å²) in [6.07, 6.45) is 7.68. The normalized spacial score (nSPS) is 14.0. The molecule has 8 heteroatoms. The lowest BCUT2D eigenvalue weighted by Crippen LogP contribution is -2.30. The average molecular weight is 325 g/mol. The Hall–Kier alpha value is -2.61. The number of aromatic nitrogens is 5. The minimum atomic E-state index is 0.506. The van der Waals surface area contributed by atoms with Crippen LogP contribution in [0, 0.1) is 0 Å². The van der Waals surface area contributed by atoms with Gasteiger partial charge in [-0.2, -0.15) is 0 Å². The van der Waals surface area contributed by atoms with Crippen LogP contribution in [0.25, 0.3) is 22.6 Å². The van der Waals surface area contributed by atoms with Crippen molar-refractivity contribution in [2.45, 2.75) is 18.9 Å². The first-order valence-corrected chi connectivity index (χ1v) is 7.78. The molecule has 1 aliphatic rings. The highest BCUT2D eigenvalue weighted by atomic mass is 32.1. The van der Waals surface area contributed by atoms with Crippen LogP contribution >= 0.6 is 12.2 Å². The van der Waals surface area contributed by atoms with Gasteiger partial charge in [0.15, 0.2) is 10.8 Å². The fourth-order valence-electron chi connectivity index (χ4n) is 2.20. The Morgan fingerprint density at radius 1 is 1.22 bits per heavy atom. The summed E-state index contributed by atoms with van der Waals surface area (Å²) < 4.78 is 1.87. The summed E-state index contributed by atoms with van der Waals surface area (Å²) in [5, 5.41) is 6.90. The second-order valence-electron chi connectivity index (χ2n) is 5.59. The van der Waals surface area contributed by atoms with Crippen LogP contribution in [0.15, 0.2) is 30.9 Å². The van der Waals surface area contributed by atoms with E-state index in [2.05, 4.69) is 30.6 Å². The summed E-state index contributed by atoms with van der Waals surface area (Å²) in [5.41, 5.74) is 2.76. The van der Waals surface area contributed by atoms with Gasteiger partial charge in [-0.1, -0.05) is 0 Å². The zero-order chi connectivity index (χ0) is 15.8. The quantitative estimate of drug-likeness (QED) is 0.712. The molecular weight excluding hydrogens is 310 g/mol. The molecule has 2 N–H and O–H groups in total. The van der Waals surface area contributed by atoms with E-state index in [9.17, 15) is 0 Å². The van der Waals surface area contributed by atoms with Crippen LogP contribution < -0.4 is 10.6 Å². The molecule has 3 heterocycles. The molecule has 1 aliphatic carbocycles. The van der Waals surface area contributed by atoms with Gasteiger partial charge in [0.2, 0.25) is 0 Å². The highest BCUT2D eigenvalue weighted by molar-refractivity contribution is 7.80. The van der Waals surface area contributed by atoms with Gasteiger partial charge in [-0.05, 0) is 37.2 Å². The summed E-state index contributed by atoms with van der Waals surface area (Å²) in [5.74, 6) is 0.656. The van der Waals surface area contributed by atoms with E-state index in [0.717, 1.165) is 11.2 Å². The maximum Gasteiger partial charge on any atom is 0.180 e. The second-order valence-corrected chi connectivity index (χ2v) is 6.00. The second kappa shape index (κ2) is 5.54. The lowest BCUT2D eigenvalue weighted by molar-refractivity contribution is 0.913. The lowest BCUT2D eigenvalue weighted by atomic mass is 10.3. The van der Waals surface area contributed by atoms with Gasteiger partial charge in [0.25, 0.3) is 0 Å². The SMILES string of the molecule is Cn1cnc(-c2cnc3ccc(NC(=S)NC4CC4)nc3n2)c1. The number of pyridine rings is 1. The number of hydrogen-bond donors (Lipinski definition) is 2. The zero-order valence-corrected chi connectivity index (χ0v) is 13.3. The highest BCUT2D eigenvalue weighted by Crippen LogP contribution is 2.20. The molecule has 0 unspecified atom stereocenters. The van der Waals surface area contributed by atoms with Crippen molar-refractivity contribution in [2.24, 2.45) is 7.05 Å². The van der Waals surface area contributed by atoms with E-state index in [0.29, 0.717) is 28.3 Å². The van der Waals surface area contributed by atoms with Crippen LogP contribution in [0.4, 0.5) is 5.82 Å². The Labute approximate surface area is 138 Å². The van der Waals surface area contributed by atoms with Crippen molar-refractivity contribution in [1.29, 1.82) is 0 Å². The molecule has 0 aliphatic heterocycles. The molecule has 1 saturated carbocycles. The Morgan fingerprint density at radius 2 is 2.09 bits per heavy atom. The van der Waals surface area contributed by atoms with Crippen molar-refractivity contribution in [2.75, 3.05) is 5.32 Å². The van der Waals surface area contributed by atoms with E-state index in [1.807, 2.05) is 29.9 Å². The van der Waals surface area contributed by atoms with E-state index < -0.39 is 0 Å². The number of hydrogen-bond acceptors (Lipinski definition) is 5. The number of aryl methyl sites for hydroxylation is 1. The summed E-state index contributed by atoms with van der Waals surface area (Å²) in [7, 11) is 1.92. The van der Waals surface area contributed by atoms with Crippen LogP contribution in [0.3, 0.4) is 0 Å². The van der Waals surface area contributed by atoms with Gasteiger partial charge in [-0.25, -0.2) is 15.0 Å². The molecule has 0 atom stereocenters. The highest BCUT2D eigenvalue weighted by Gasteiger charge is 2.21. The standard InChI is InChI=1S/C15H15N7S/c1-22-7-12(17-8-22)11-6-16-10-4-5-13(20-14(10)19-11)21-15(23)18-9-2-3-9/h4-9H,2-3H2,1H3,(H2,18,19,20,21,23). The number of nitrogens with one attached hydrogen (secondary N) is 2. The molecule has 0 amide bonds. The van der Waals surface area contributed by atoms with Gasteiger partial charge in [0.1, 0.15) is 22.7 Å². The van der Waals surface area contributed by atoms with Crippen LogP contribution in [0.5, 0.6) is 0 Å². The molecular formula is C15H15N7S. The summed E-state index contributed by atoms with van der Waals surface area (Å²) in [6.45, 7) is 0. The van der Waals surface area contributed by atoms with Gasteiger partial charge in [0.05, 0.1) is 12.5 Å². The van der Waals surface area contributed by atoms with E-state index in [1.54, 1.807) is 12.5 Å². The maximum absolute atomic E-state index is 5.27. The number of anilines is 1. The number of fused-ring (bicyclic) bond motifs is 1. The fraction of sp³-hybridized carbons (Fsp3) is 0.267. The Kier molecular flexibility index (Phi) is 3.38. The third-order valence-corrected chi connectivity index (χ3v) is 3.75. The molecule has 0 saturated heterocycles. The van der Waals surface area contributed by atoms with Crippen molar-refractivity contribution >= 4 is 34.3 Å². The average Bonchev–Trinajstić information content (AvgIpc) is 3.24. The van der Waals surface area contributed by atoms with Gasteiger partial charge in [0, 0.05) is 19.3 Å². The zero-order valence-electron chi connectivity index (χ0n) is 12.5. The van der Waals surface area contributed by atoms with E-state index in [4.69, 9.17) is 12.2 Å². The Bertz CT molecular complexity index is 884. The van der Waals surface area contributed by atoms with Crippen LogP contribution in [-0.4, -0.2) is 35.7 Å². The smallest absolute Gasteiger partial charge is 0.180 e. The molecule has 0 radical (unpaired) electrons. The molecule has 4 rings (SSSR count). The number of thiocarbonyl (C=S) groups is 1. The third kappa shape index (κ3) is 3.11. The minimum absolute atomic E-state index is 0.506. The van der Waals surface area contributed by atoms with E-state index in [-0.39, 0.29) is 0 Å². The Morgan fingerprint density at radius 3 is 2.83 bits per heavy atom. The van der Waals surface area contributed by atoms with Gasteiger partial charge < -0.3 is 15.2 Å². The first kappa shape index (κ1) is 14.0. The Balaban J connectivity index is 1.62. The number of imidazole rings is 1. The maximum atomic E-state index is 5.27.